The van der Waals surface area contributed by atoms with E-state index < -0.39 is 57.8 Å². The molecule has 0 aromatic carbocycles. The minimum absolute atomic E-state index is 0.147. The Morgan fingerprint density at radius 1 is 0.403 bits per heavy atom. The van der Waals surface area contributed by atoms with Crippen LogP contribution in [0.15, 0.2) is 60.8 Å². The molecule has 0 amide bonds. The number of esters is 3. The highest BCUT2D eigenvalue weighted by atomic mass is 31.2. The van der Waals surface area contributed by atoms with Crippen molar-refractivity contribution in [2.45, 2.75) is 277 Å². The number of carbonyl (C=O) groups excluding carboxylic acids is 3. The van der Waals surface area contributed by atoms with Crippen molar-refractivity contribution >= 4 is 25.7 Å². The molecule has 3 unspecified atom stereocenters. The van der Waals surface area contributed by atoms with E-state index in [9.17, 15) is 28.9 Å². The summed E-state index contributed by atoms with van der Waals surface area (Å²) in [7, 11) is -4.75. The monoisotopic (exact) mass is 1030 g/mol. The van der Waals surface area contributed by atoms with Crippen LogP contribution in [-0.4, -0.2) is 66.5 Å². The van der Waals surface area contributed by atoms with Crippen LogP contribution in [0.5, 0.6) is 0 Å². The first-order chi connectivity index (χ1) is 35.2. The maximum atomic E-state index is 12.9. The van der Waals surface area contributed by atoms with Crippen molar-refractivity contribution in [1.82, 2.24) is 0 Å². The summed E-state index contributed by atoms with van der Waals surface area (Å²) >= 11 is 0. The van der Waals surface area contributed by atoms with Crippen molar-refractivity contribution < 1.29 is 52.2 Å². The highest BCUT2D eigenvalue weighted by Crippen LogP contribution is 2.43. The van der Waals surface area contributed by atoms with E-state index in [1.54, 1.807) is 0 Å². The van der Waals surface area contributed by atoms with Crippen molar-refractivity contribution in [3.05, 3.63) is 60.8 Å². The zero-order chi connectivity index (χ0) is 52.7. The van der Waals surface area contributed by atoms with Crippen LogP contribution in [-0.2, 0) is 42.2 Å². The van der Waals surface area contributed by atoms with Crippen LogP contribution >= 0.6 is 7.82 Å². The quantitative estimate of drug-likeness (QED) is 0.0197. The number of unbranched alkanes of at least 4 members (excludes halogenated alkanes) is 27. The van der Waals surface area contributed by atoms with Gasteiger partial charge in [0.25, 0.3) is 0 Å². The summed E-state index contributed by atoms with van der Waals surface area (Å²) in [4.78, 5) is 48.5. The molecule has 0 saturated heterocycles. The van der Waals surface area contributed by atoms with Gasteiger partial charge in [0.2, 0.25) is 0 Å². The minimum atomic E-state index is -4.75. The lowest BCUT2D eigenvalue weighted by Crippen LogP contribution is -2.30. The third kappa shape index (κ3) is 52.1. The van der Waals surface area contributed by atoms with Gasteiger partial charge in [0.1, 0.15) is 12.7 Å². The van der Waals surface area contributed by atoms with Gasteiger partial charge in [-0.25, -0.2) is 4.57 Å². The van der Waals surface area contributed by atoms with Gasteiger partial charge in [0.05, 0.1) is 19.8 Å². The molecule has 2 N–H and O–H groups in total. The highest BCUT2D eigenvalue weighted by Gasteiger charge is 2.28. The number of ether oxygens (including phenoxy) is 3. The molecular weight excluding hydrogens is 928 g/mol. The first kappa shape index (κ1) is 69.2. The summed E-state index contributed by atoms with van der Waals surface area (Å²) in [5, 5.41) is 9.80. The molecular formula is C60H107O11P. The number of phosphoric ester groups is 1. The van der Waals surface area contributed by atoms with Gasteiger partial charge < -0.3 is 24.2 Å². The topological polar surface area (TPSA) is 155 Å². The minimum Gasteiger partial charge on any atom is -0.462 e. The Bertz CT molecular complexity index is 1440. The molecule has 418 valence electrons. The number of carbonyl (C=O) groups is 3. The van der Waals surface area contributed by atoms with E-state index in [4.69, 9.17) is 23.3 Å². The van der Waals surface area contributed by atoms with Crippen molar-refractivity contribution in [3.63, 3.8) is 0 Å². The largest absolute Gasteiger partial charge is 0.472 e. The van der Waals surface area contributed by atoms with E-state index in [1.807, 2.05) is 0 Å². The average molecular weight is 1040 g/mol. The van der Waals surface area contributed by atoms with Crippen LogP contribution in [0, 0.1) is 0 Å². The predicted octanol–water partition coefficient (Wildman–Crippen LogP) is 17.1. The fourth-order valence-electron chi connectivity index (χ4n) is 7.95. The molecule has 0 aromatic rings. The Hall–Kier alpha value is -2.82. The summed E-state index contributed by atoms with van der Waals surface area (Å²) < 4.78 is 39.5. The second kappa shape index (κ2) is 54.4. The first-order valence-electron chi connectivity index (χ1n) is 29.2. The predicted molar refractivity (Wildman–Crippen MR) is 298 cm³/mol. The Labute approximate surface area is 440 Å². The number of aliphatic hydroxyl groups excluding tert-OH is 1. The van der Waals surface area contributed by atoms with Crippen LogP contribution in [0.1, 0.15) is 265 Å². The van der Waals surface area contributed by atoms with Gasteiger partial charge in [-0.3, -0.25) is 23.4 Å². The van der Waals surface area contributed by atoms with Crippen molar-refractivity contribution in [2.24, 2.45) is 0 Å². The van der Waals surface area contributed by atoms with Gasteiger partial charge in [0.15, 0.2) is 6.10 Å². The molecule has 0 saturated carbocycles. The number of aliphatic hydroxyl groups is 1. The summed E-state index contributed by atoms with van der Waals surface area (Å²) in [5.74, 6) is -1.49. The fourth-order valence-corrected chi connectivity index (χ4v) is 8.73. The van der Waals surface area contributed by atoms with Gasteiger partial charge in [0, 0.05) is 19.3 Å². The van der Waals surface area contributed by atoms with Gasteiger partial charge in [-0.1, -0.05) is 204 Å². The lowest BCUT2D eigenvalue weighted by Gasteiger charge is -2.21. The highest BCUT2D eigenvalue weighted by molar-refractivity contribution is 7.47. The zero-order valence-electron chi connectivity index (χ0n) is 46.1. The molecule has 0 bridgehead atoms. The van der Waals surface area contributed by atoms with E-state index in [2.05, 4.69) is 81.5 Å². The molecule has 0 aliphatic carbocycles. The Kier molecular flexibility index (Phi) is 52.3. The van der Waals surface area contributed by atoms with Crippen LogP contribution in [0.25, 0.3) is 0 Å². The molecule has 0 heterocycles. The van der Waals surface area contributed by atoms with Crippen molar-refractivity contribution in [1.29, 1.82) is 0 Å². The molecule has 12 heteroatoms. The van der Waals surface area contributed by atoms with Crippen molar-refractivity contribution in [3.8, 4) is 0 Å². The zero-order valence-corrected chi connectivity index (χ0v) is 47.0. The fraction of sp³-hybridized carbons (Fsp3) is 0.783. The van der Waals surface area contributed by atoms with Crippen LogP contribution < -0.4 is 0 Å². The van der Waals surface area contributed by atoms with Crippen LogP contribution in [0.3, 0.4) is 0 Å². The van der Waals surface area contributed by atoms with E-state index in [1.165, 1.54) is 89.9 Å². The third-order valence-electron chi connectivity index (χ3n) is 12.4. The van der Waals surface area contributed by atoms with E-state index >= 15 is 0 Å². The van der Waals surface area contributed by atoms with Crippen LogP contribution in [0.4, 0.5) is 0 Å². The molecule has 0 aromatic heterocycles. The molecule has 0 aliphatic rings. The molecule has 0 spiro atoms. The Balaban J connectivity index is 4.74. The summed E-state index contributed by atoms with van der Waals surface area (Å²) in [5.41, 5.74) is 0. The smallest absolute Gasteiger partial charge is 0.462 e. The molecule has 0 radical (unpaired) electrons. The van der Waals surface area contributed by atoms with Gasteiger partial charge in [-0.05, 0) is 103 Å². The number of phosphoric acid groups is 1. The van der Waals surface area contributed by atoms with E-state index in [0.717, 1.165) is 116 Å². The number of rotatable bonds is 54. The molecule has 11 nitrogen and oxygen atoms in total. The normalized spacial score (nSPS) is 13.8. The van der Waals surface area contributed by atoms with Gasteiger partial charge in [-0.15, -0.1) is 0 Å². The summed E-state index contributed by atoms with van der Waals surface area (Å²) in [6.45, 7) is 4.50. The van der Waals surface area contributed by atoms with Gasteiger partial charge in [-0.2, -0.15) is 0 Å². The van der Waals surface area contributed by atoms with E-state index in [-0.39, 0.29) is 25.9 Å². The second-order valence-corrected chi connectivity index (χ2v) is 20.9. The average Bonchev–Trinajstić information content (AvgIpc) is 3.37. The lowest BCUT2D eigenvalue weighted by molar-refractivity contribution is -0.161. The molecule has 0 fully saturated rings. The number of hydrogen-bond donors (Lipinski definition) is 2. The Morgan fingerprint density at radius 2 is 0.722 bits per heavy atom. The van der Waals surface area contributed by atoms with E-state index in [0.29, 0.717) is 19.3 Å². The molecule has 72 heavy (non-hydrogen) atoms. The number of hydrogen-bond acceptors (Lipinski definition) is 10. The van der Waals surface area contributed by atoms with Crippen molar-refractivity contribution in [2.75, 3.05) is 26.4 Å². The SMILES string of the molecule is CC/C=C\C/C=C\C/C=C\CCCCCCCC(=O)OC(COC(=O)CCCCCCCCC/C=C\CCCCCCCC)COP(=O)(O)OCC(CO)OC(=O)CCCCCCC/C=C\CCCCCC. The second-order valence-electron chi connectivity index (χ2n) is 19.4. The summed E-state index contributed by atoms with van der Waals surface area (Å²) in [6.07, 6.45) is 58.9. The lowest BCUT2D eigenvalue weighted by atomic mass is 10.1. The standard InChI is InChI=1S/C60H107O11P/c1-4-7-10-13-16-19-22-25-27-28-30-32-34-37-40-43-46-49-58(62)67-53-57(71-60(64)51-48-45-42-39-36-33-29-26-23-20-17-14-11-8-5-2)55-69-72(65,66)68-54-56(52-61)70-59(63)50-47-44-41-38-35-31-24-21-18-15-12-9-6-3/h8,11,17,20-21,24-27,29,56-57,61H,4-7,9-10,12-16,18-19,22-23,28,30-55H2,1-3H3,(H,65,66)/b11-8-,20-17-,24-21-,27-25-,29-26-. The third-order valence-corrected chi connectivity index (χ3v) is 13.3. The number of allylic oxidation sites excluding steroid dienone is 10. The summed E-state index contributed by atoms with van der Waals surface area (Å²) in [6, 6.07) is 0. The maximum Gasteiger partial charge on any atom is 0.472 e. The van der Waals surface area contributed by atoms with Crippen LogP contribution in [0.2, 0.25) is 0 Å². The maximum absolute atomic E-state index is 12.9. The molecule has 3 atom stereocenters. The first-order valence-corrected chi connectivity index (χ1v) is 30.7. The van der Waals surface area contributed by atoms with Gasteiger partial charge >= 0.3 is 25.7 Å². The molecule has 0 rings (SSSR count). The molecule has 0 aliphatic heterocycles. The Morgan fingerprint density at radius 3 is 1.14 bits per heavy atom.